The highest BCUT2D eigenvalue weighted by Gasteiger charge is 2.61. The molecule has 1 fully saturated rings. The van der Waals surface area contributed by atoms with Gasteiger partial charge in [-0.2, -0.15) is 0 Å². The van der Waals surface area contributed by atoms with E-state index in [1.165, 1.54) is 0 Å². The first-order valence-electron chi connectivity index (χ1n) is 8.41. The molecule has 1 aliphatic carbocycles. The van der Waals surface area contributed by atoms with Crippen molar-refractivity contribution in [3.8, 4) is 0 Å². The van der Waals surface area contributed by atoms with Gasteiger partial charge >= 0.3 is 0 Å². The van der Waals surface area contributed by atoms with Crippen LogP contribution in [0.2, 0.25) is 0 Å². The molecule has 3 heteroatoms. The molecule has 2 aromatic carbocycles. The van der Waals surface area contributed by atoms with Gasteiger partial charge in [-0.15, -0.1) is 0 Å². The normalized spacial score (nSPS) is 25.5. The van der Waals surface area contributed by atoms with E-state index in [1.54, 1.807) is 0 Å². The number of hydroxylamine groups is 1. The lowest BCUT2D eigenvalue weighted by molar-refractivity contribution is 0.0800. The zero-order valence-electron chi connectivity index (χ0n) is 13.4. The molecule has 0 spiro atoms. The van der Waals surface area contributed by atoms with Crippen LogP contribution in [0.1, 0.15) is 48.0 Å². The summed E-state index contributed by atoms with van der Waals surface area (Å²) in [5.74, 6) is 0.339. The fourth-order valence-corrected chi connectivity index (χ4v) is 4.09. The smallest absolute Gasteiger partial charge is 0.191 e. The van der Waals surface area contributed by atoms with Crippen LogP contribution in [-0.2, 0) is 4.84 Å². The second kappa shape index (κ2) is 5.50. The zero-order chi connectivity index (χ0) is 15.9. The molecule has 0 saturated carbocycles. The molecular weight excluding hydrogens is 286 g/mol. The Labute approximate surface area is 136 Å². The predicted molar refractivity (Wildman–Crippen MR) is 90.6 cm³/mol. The maximum atomic E-state index is 13.4. The summed E-state index contributed by atoms with van der Waals surface area (Å²) in [6.45, 7) is 2.74. The number of hydrogen-bond acceptors (Lipinski definition) is 3. The number of unbranched alkanes of at least 4 members (excludes halogenated alkanes) is 1. The van der Waals surface area contributed by atoms with E-state index < -0.39 is 5.54 Å². The van der Waals surface area contributed by atoms with Gasteiger partial charge in [0.2, 0.25) is 0 Å². The number of benzene rings is 2. The largest absolute Gasteiger partial charge is 0.291 e. The Morgan fingerprint density at radius 1 is 1.13 bits per heavy atom. The second-order valence-corrected chi connectivity index (χ2v) is 6.42. The number of nitrogens with zero attached hydrogens (tertiary/aromatic N) is 1. The Balaban J connectivity index is 1.84. The third-order valence-corrected chi connectivity index (χ3v) is 5.19. The number of carbonyl (C=O) groups excluding carboxylic acids is 1. The Hall–Kier alpha value is -2.13. The lowest BCUT2D eigenvalue weighted by atomic mass is 9.80. The predicted octanol–water partition coefficient (Wildman–Crippen LogP) is 4.35. The Bertz CT molecular complexity index is 727. The molecule has 1 saturated heterocycles. The van der Waals surface area contributed by atoms with Crippen molar-refractivity contribution in [3.63, 3.8) is 0 Å². The molecule has 23 heavy (non-hydrogen) atoms. The molecule has 3 nitrogen and oxygen atoms in total. The van der Waals surface area contributed by atoms with Gasteiger partial charge in [-0.25, -0.2) is 5.06 Å². The molecule has 0 radical (unpaired) electrons. The van der Waals surface area contributed by atoms with Crippen LogP contribution in [0.15, 0.2) is 54.6 Å². The van der Waals surface area contributed by atoms with Crippen molar-refractivity contribution >= 4 is 11.5 Å². The minimum absolute atomic E-state index is 0.123. The van der Waals surface area contributed by atoms with E-state index in [0.29, 0.717) is 6.61 Å². The number of fused-ring (bicyclic) bond motifs is 3. The SMILES string of the molecule is CCCC[C@@]12C(=O)c3ccccc3[C@@H]1CON2c1ccccc1. The molecule has 4 rings (SSSR count). The lowest BCUT2D eigenvalue weighted by Gasteiger charge is -2.36. The van der Waals surface area contributed by atoms with Gasteiger partial charge < -0.3 is 0 Å². The first-order chi connectivity index (χ1) is 11.3. The minimum atomic E-state index is -0.582. The highest BCUT2D eigenvalue weighted by atomic mass is 16.7. The van der Waals surface area contributed by atoms with Crippen LogP contribution >= 0.6 is 0 Å². The molecule has 0 aromatic heterocycles. The van der Waals surface area contributed by atoms with E-state index in [9.17, 15) is 4.79 Å². The Kier molecular flexibility index (Phi) is 3.46. The summed E-state index contributed by atoms with van der Waals surface area (Å²) >= 11 is 0. The van der Waals surface area contributed by atoms with Gasteiger partial charge in [-0.05, 0) is 24.1 Å². The summed E-state index contributed by atoms with van der Waals surface area (Å²) in [6.07, 6.45) is 2.92. The molecule has 118 valence electrons. The summed E-state index contributed by atoms with van der Waals surface area (Å²) in [4.78, 5) is 19.4. The fourth-order valence-electron chi connectivity index (χ4n) is 4.09. The standard InChI is InChI=1S/C20H21NO2/c1-2-3-13-20-18(16-11-7-8-12-17(16)19(20)22)14-23-21(20)15-9-5-4-6-10-15/h4-12,18H,2-3,13-14H2,1H3/t18-,20-/m0/s1. The van der Waals surface area contributed by atoms with Crippen molar-refractivity contribution < 1.29 is 9.63 Å². The van der Waals surface area contributed by atoms with Crippen LogP contribution in [0, 0.1) is 0 Å². The quantitative estimate of drug-likeness (QED) is 0.841. The molecule has 0 amide bonds. The highest BCUT2D eigenvalue weighted by molar-refractivity contribution is 6.11. The number of rotatable bonds is 4. The topological polar surface area (TPSA) is 29.5 Å². The zero-order valence-corrected chi connectivity index (χ0v) is 13.4. The number of ketones is 1. The number of anilines is 1. The van der Waals surface area contributed by atoms with E-state index in [2.05, 4.69) is 13.0 Å². The van der Waals surface area contributed by atoms with Crippen molar-refractivity contribution in [1.82, 2.24) is 0 Å². The number of para-hydroxylation sites is 1. The molecular formula is C20H21NO2. The van der Waals surface area contributed by atoms with Crippen molar-refractivity contribution in [2.24, 2.45) is 0 Å². The lowest BCUT2D eigenvalue weighted by Crippen LogP contribution is -2.50. The van der Waals surface area contributed by atoms with Crippen molar-refractivity contribution in [2.45, 2.75) is 37.6 Å². The van der Waals surface area contributed by atoms with Crippen LogP contribution in [0.3, 0.4) is 0 Å². The van der Waals surface area contributed by atoms with E-state index >= 15 is 0 Å². The summed E-state index contributed by atoms with van der Waals surface area (Å²) in [6, 6.07) is 18.0. The van der Waals surface area contributed by atoms with Gasteiger partial charge in [0.05, 0.1) is 12.3 Å². The van der Waals surface area contributed by atoms with Crippen LogP contribution in [-0.4, -0.2) is 17.9 Å². The third kappa shape index (κ3) is 1.96. The van der Waals surface area contributed by atoms with Crippen molar-refractivity contribution in [1.29, 1.82) is 0 Å². The van der Waals surface area contributed by atoms with Gasteiger partial charge in [-0.1, -0.05) is 62.2 Å². The number of carbonyl (C=O) groups is 1. The minimum Gasteiger partial charge on any atom is -0.291 e. The monoisotopic (exact) mass is 307 g/mol. The van der Waals surface area contributed by atoms with Gasteiger partial charge in [0, 0.05) is 11.5 Å². The van der Waals surface area contributed by atoms with Crippen molar-refractivity contribution in [2.75, 3.05) is 11.7 Å². The molecule has 1 aliphatic heterocycles. The number of hydrogen-bond donors (Lipinski definition) is 0. The summed E-state index contributed by atoms with van der Waals surface area (Å²) < 4.78 is 0. The van der Waals surface area contributed by atoms with Gasteiger partial charge in [-0.3, -0.25) is 9.63 Å². The molecule has 0 N–H and O–H groups in total. The van der Waals surface area contributed by atoms with Gasteiger partial charge in [0.15, 0.2) is 5.78 Å². The molecule has 2 atom stereocenters. The third-order valence-electron chi connectivity index (χ3n) is 5.19. The summed E-state index contributed by atoms with van der Waals surface area (Å²) in [5, 5.41) is 1.90. The van der Waals surface area contributed by atoms with Crippen LogP contribution in [0.5, 0.6) is 0 Å². The summed E-state index contributed by atoms with van der Waals surface area (Å²) in [7, 11) is 0. The van der Waals surface area contributed by atoms with E-state index in [0.717, 1.165) is 36.1 Å². The molecule has 0 bridgehead atoms. The van der Waals surface area contributed by atoms with Gasteiger partial charge in [0.1, 0.15) is 5.54 Å². The van der Waals surface area contributed by atoms with E-state index in [1.807, 2.05) is 53.6 Å². The number of Topliss-reactive ketones (excluding diaryl/α,β-unsaturated/α-hetero) is 1. The van der Waals surface area contributed by atoms with Gasteiger partial charge in [0.25, 0.3) is 0 Å². The van der Waals surface area contributed by atoms with Crippen LogP contribution in [0.25, 0.3) is 0 Å². The fraction of sp³-hybridized carbons (Fsp3) is 0.350. The van der Waals surface area contributed by atoms with E-state index in [4.69, 9.17) is 4.84 Å². The first-order valence-corrected chi connectivity index (χ1v) is 8.41. The Morgan fingerprint density at radius 3 is 2.65 bits per heavy atom. The van der Waals surface area contributed by atoms with Crippen molar-refractivity contribution in [3.05, 3.63) is 65.7 Å². The average molecular weight is 307 g/mol. The first kappa shape index (κ1) is 14.5. The average Bonchev–Trinajstić information content (AvgIpc) is 3.09. The Morgan fingerprint density at radius 2 is 1.87 bits per heavy atom. The van der Waals surface area contributed by atoms with E-state index in [-0.39, 0.29) is 11.7 Å². The molecule has 2 aromatic rings. The van der Waals surface area contributed by atoms with Crippen LogP contribution < -0.4 is 5.06 Å². The second-order valence-electron chi connectivity index (χ2n) is 6.42. The molecule has 1 heterocycles. The summed E-state index contributed by atoms with van der Waals surface area (Å²) in [5.41, 5.74) is 2.40. The maximum absolute atomic E-state index is 13.4. The van der Waals surface area contributed by atoms with Crippen LogP contribution in [0.4, 0.5) is 5.69 Å². The highest BCUT2D eigenvalue weighted by Crippen LogP contribution is 2.52. The maximum Gasteiger partial charge on any atom is 0.191 e. The molecule has 2 aliphatic rings. The molecule has 0 unspecified atom stereocenters.